The van der Waals surface area contributed by atoms with Gasteiger partial charge in [0.1, 0.15) is 5.70 Å². The van der Waals surface area contributed by atoms with Crippen LogP contribution in [0.15, 0.2) is 18.3 Å². The number of tetrazole rings is 1. The minimum absolute atomic E-state index is 0.126. The zero-order valence-corrected chi connectivity index (χ0v) is 11.0. The van der Waals surface area contributed by atoms with Crippen molar-refractivity contribution >= 4 is 5.70 Å². The van der Waals surface area contributed by atoms with Crippen LogP contribution in [0.4, 0.5) is 8.78 Å². The summed E-state index contributed by atoms with van der Waals surface area (Å²) in [6, 6.07) is 2.72. The minimum Gasteiger partial charge on any atom is -0.372 e. The molecule has 0 spiro atoms. The fraction of sp³-hybridized carbons (Fsp3) is 0.308. The Labute approximate surface area is 118 Å². The molecule has 108 valence electrons. The molecule has 6 nitrogen and oxygen atoms in total. The Morgan fingerprint density at radius 3 is 2.48 bits per heavy atom. The van der Waals surface area contributed by atoms with Crippen molar-refractivity contribution in [3.05, 3.63) is 46.9 Å². The molecule has 0 atom stereocenters. The smallest absolute Gasteiger partial charge is 0.222 e. The van der Waals surface area contributed by atoms with Crippen LogP contribution in [-0.4, -0.2) is 38.2 Å². The quantitative estimate of drug-likeness (QED) is 0.856. The van der Waals surface area contributed by atoms with E-state index in [-0.39, 0.29) is 6.04 Å². The maximum atomic E-state index is 13.3. The average Bonchev–Trinajstić information content (AvgIpc) is 3.17. The molecule has 21 heavy (non-hydrogen) atoms. The van der Waals surface area contributed by atoms with E-state index >= 15 is 0 Å². The van der Waals surface area contributed by atoms with Crippen molar-refractivity contribution in [2.45, 2.75) is 18.9 Å². The van der Waals surface area contributed by atoms with Crippen molar-refractivity contribution in [3.63, 3.8) is 0 Å². The third-order valence-electron chi connectivity index (χ3n) is 3.98. The monoisotopic (exact) mass is 290 g/mol. The van der Waals surface area contributed by atoms with Crippen molar-refractivity contribution in [1.82, 2.24) is 30.8 Å². The summed E-state index contributed by atoms with van der Waals surface area (Å²) in [5.74, 6) is -1.07. The van der Waals surface area contributed by atoms with Gasteiger partial charge in [0, 0.05) is 12.2 Å². The van der Waals surface area contributed by atoms with Crippen LogP contribution in [0, 0.1) is 11.6 Å². The molecule has 0 bridgehead atoms. The maximum absolute atomic E-state index is 13.3. The number of nitrogens with one attached hydrogen (secondary N) is 2. The summed E-state index contributed by atoms with van der Waals surface area (Å²) in [4.78, 5) is 2.10. The van der Waals surface area contributed by atoms with Gasteiger partial charge < -0.3 is 10.2 Å². The zero-order chi connectivity index (χ0) is 14.4. The number of halogens is 2. The molecule has 1 aliphatic carbocycles. The molecule has 0 fully saturated rings. The predicted molar refractivity (Wildman–Crippen MR) is 69.6 cm³/mol. The molecule has 0 radical (unpaired) electrons. The lowest BCUT2D eigenvalue weighted by molar-refractivity contribution is 0.309. The number of hydrogen-bond acceptors (Lipinski definition) is 5. The summed E-state index contributed by atoms with van der Waals surface area (Å²) in [6.45, 7) is 0.619. The Bertz CT molecular complexity index is 681. The van der Waals surface area contributed by atoms with E-state index in [4.69, 9.17) is 0 Å². The van der Waals surface area contributed by atoms with Crippen molar-refractivity contribution in [3.8, 4) is 0 Å². The number of hydrogen-bond donors (Lipinski definition) is 2. The fourth-order valence-corrected chi connectivity index (χ4v) is 3.01. The van der Waals surface area contributed by atoms with Gasteiger partial charge in [0.25, 0.3) is 0 Å². The fourth-order valence-electron chi connectivity index (χ4n) is 3.01. The molecular weight excluding hydrogens is 278 g/mol. The van der Waals surface area contributed by atoms with E-state index in [1.165, 1.54) is 12.1 Å². The number of fused-ring (bicyclic) bond motifs is 1. The number of rotatable bonds is 2. The highest BCUT2D eigenvalue weighted by Crippen LogP contribution is 2.31. The van der Waals surface area contributed by atoms with Crippen LogP contribution in [0.2, 0.25) is 0 Å². The number of H-pyrrole nitrogens is 1. The van der Waals surface area contributed by atoms with E-state index in [1.807, 2.05) is 6.20 Å². The van der Waals surface area contributed by atoms with Crippen LogP contribution in [-0.2, 0) is 12.8 Å². The van der Waals surface area contributed by atoms with Gasteiger partial charge in [-0.2, -0.15) is 5.21 Å². The Hall–Kier alpha value is -2.51. The lowest BCUT2D eigenvalue weighted by Crippen LogP contribution is -2.35. The highest BCUT2D eigenvalue weighted by Gasteiger charge is 2.32. The average molecular weight is 290 g/mol. The van der Waals surface area contributed by atoms with Crippen molar-refractivity contribution < 1.29 is 8.78 Å². The second-order valence-corrected chi connectivity index (χ2v) is 5.19. The lowest BCUT2D eigenvalue weighted by atomic mass is 10.1. The Morgan fingerprint density at radius 2 is 1.86 bits per heavy atom. The van der Waals surface area contributed by atoms with E-state index in [0.717, 1.165) is 16.8 Å². The normalized spacial score (nSPS) is 17.8. The van der Waals surface area contributed by atoms with Gasteiger partial charge in [-0.15, -0.1) is 10.2 Å². The molecule has 4 rings (SSSR count). The molecular formula is C13H12F2N6. The summed E-state index contributed by atoms with van der Waals surface area (Å²) >= 11 is 0. The predicted octanol–water partition coefficient (Wildman–Crippen LogP) is 0.806. The topological polar surface area (TPSA) is 69.7 Å². The van der Waals surface area contributed by atoms with Crippen LogP contribution in [0.5, 0.6) is 0 Å². The molecule has 0 saturated carbocycles. The van der Waals surface area contributed by atoms with Crippen LogP contribution in [0.25, 0.3) is 5.70 Å². The molecule has 1 aromatic heterocycles. The molecule has 2 N–H and O–H groups in total. The molecule has 0 unspecified atom stereocenters. The maximum Gasteiger partial charge on any atom is 0.222 e. The molecule has 2 aromatic rings. The first-order chi connectivity index (χ1) is 10.2. The minimum atomic E-state index is -0.789. The summed E-state index contributed by atoms with van der Waals surface area (Å²) in [7, 11) is 0. The van der Waals surface area contributed by atoms with Crippen molar-refractivity contribution in [1.29, 1.82) is 0 Å². The van der Waals surface area contributed by atoms with Gasteiger partial charge in [-0.1, -0.05) is 0 Å². The summed E-state index contributed by atoms with van der Waals surface area (Å²) in [6.07, 6.45) is 3.17. The van der Waals surface area contributed by atoms with E-state index in [0.29, 0.717) is 25.3 Å². The molecule has 1 aromatic carbocycles. The van der Waals surface area contributed by atoms with Crippen LogP contribution in [0.3, 0.4) is 0 Å². The number of aromatic amines is 1. The molecule has 0 saturated heterocycles. The highest BCUT2D eigenvalue weighted by molar-refractivity contribution is 5.59. The zero-order valence-electron chi connectivity index (χ0n) is 11.0. The van der Waals surface area contributed by atoms with Gasteiger partial charge in [0.15, 0.2) is 11.6 Å². The molecule has 0 amide bonds. The SMILES string of the molecule is Fc1cc2c(cc1F)CC(N1CNC=C1c1nn[nH]n1)C2. The number of aromatic nitrogens is 4. The van der Waals surface area contributed by atoms with Crippen LogP contribution in [0.1, 0.15) is 17.0 Å². The second kappa shape index (κ2) is 4.51. The largest absolute Gasteiger partial charge is 0.372 e. The van der Waals surface area contributed by atoms with Gasteiger partial charge in [0.05, 0.1) is 6.67 Å². The Morgan fingerprint density at radius 1 is 1.14 bits per heavy atom. The van der Waals surface area contributed by atoms with E-state index < -0.39 is 11.6 Å². The van der Waals surface area contributed by atoms with E-state index in [1.54, 1.807) is 0 Å². The third kappa shape index (κ3) is 1.94. The third-order valence-corrected chi connectivity index (χ3v) is 3.98. The first kappa shape index (κ1) is 12.2. The van der Waals surface area contributed by atoms with Gasteiger partial charge in [-0.3, -0.25) is 0 Å². The van der Waals surface area contributed by atoms with Crippen molar-refractivity contribution in [2.75, 3.05) is 6.67 Å². The summed E-state index contributed by atoms with van der Waals surface area (Å²) in [5, 5.41) is 17.1. The first-order valence-corrected chi connectivity index (χ1v) is 6.63. The Balaban J connectivity index is 1.61. The summed E-state index contributed by atoms with van der Waals surface area (Å²) in [5.41, 5.74) is 2.55. The second-order valence-electron chi connectivity index (χ2n) is 5.19. The highest BCUT2D eigenvalue weighted by atomic mass is 19.2. The first-order valence-electron chi connectivity index (χ1n) is 6.63. The van der Waals surface area contributed by atoms with E-state index in [9.17, 15) is 8.78 Å². The Kier molecular flexibility index (Phi) is 2.63. The van der Waals surface area contributed by atoms with Crippen LogP contribution < -0.4 is 5.32 Å². The standard InChI is InChI=1S/C13H12F2N6/c14-10-3-7-1-9(2-8(7)4-11(10)15)21-6-16-5-12(21)13-17-19-20-18-13/h3-5,9,16H,1-2,6H2,(H,17,18,19,20). The van der Waals surface area contributed by atoms with Crippen LogP contribution >= 0.6 is 0 Å². The molecule has 8 heteroatoms. The van der Waals surface area contributed by atoms with Gasteiger partial charge in [0.2, 0.25) is 5.82 Å². The van der Waals surface area contributed by atoms with Gasteiger partial charge in [-0.25, -0.2) is 8.78 Å². The number of nitrogens with zero attached hydrogens (tertiary/aromatic N) is 4. The molecule has 2 aliphatic rings. The summed E-state index contributed by atoms with van der Waals surface area (Å²) < 4.78 is 26.7. The van der Waals surface area contributed by atoms with Gasteiger partial charge in [-0.05, 0) is 41.3 Å². The number of benzene rings is 1. The van der Waals surface area contributed by atoms with Gasteiger partial charge >= 0.3 is 0 Å². The lowest BCUT2D eigenvalue weighted by Gasteiger charge is -2.26. The molecule has 2 heterocycles. The van der Waals surface area contributed by atoms with Crippen molar-refractivity contribution in [2.24, 2.45) is 0 Å². The van der Waals surface area contributed by atoms with E-state index in [2.05, 4.69) is 30.8 Å². The molecule has 1 aliphatic heterocycles.